The van der Waals surface area contributed by atoms with Gasteiger partial charge in [-0.25, -0.2) is 0 Å². The van der Waals surface area contributed by atoms with E-state index in [-0.39, 0.29) is 24.9 Å². The number of rotatable bonds is 7. The average molecular weight is 367 g/mol. The molecule has 1 fully saturated rings. The number of benzene rings is 1. The zero-order valence-corrected chi connectivity index (χ0v) is 14.3. The summed E-state index contributed by atoms with van der Waals surface area (Å²) in [7, 11) is 0. The van der Waals surface area contributed by atoms with E-state index >= 15 is 0 Å². The van der Waals surface area contributed by atoms with Gasteiger partial charge in [-0.05, 0) is 50.1 Å². The van der Waals surface area contributed by atoms with Gasteiger partial charge in [0.05, 0.1) is 13.2 Å². The molecule has 5 nitrogen and oxygen atoms in total. The standard InChI is InChI=1S/C18H20F3N3O2/c1-2-26-14-7-5-13(6-8-14)17(25)22-9-10-24-15(12-3-4-12)11-16(23-24)18(19,20)21/h5-8,11-12H,2-4,9-10H2,1H3,(H,22,25). The Morgan fingerprint density at radius 2 is 2.00 bits per heavy atom. The third-order valence-corrected chi connectivity index (χ3v) is 4.13. The minimum Gasteiger partial charge on any atom is -0.494 e. The molecular weight excluding hydrogens is 347 g/mol. The molecule has 26 heavy (non-hydrogen) atoms. The van der Waals surface area contributed by atoms with Crippen molar-refractivity contribution in [3.05, 3.63) is 47.3 Å². The summed E-state index contributed by atoms with van der Waals surface area (Å²) in [5.41, 5.74) is 0.178. The fourth-order valence-corrected chi connectivity index (χ4v) is 2.70. The van der Waals surface area contributed by atoms with Crippen LogP contribution in [0, 0.1) is 0 Å². The molecule has 0 atom stereocenters. The molecule has 1 saturated carbocycles. The van der Waals surface area contributed by atoms with Crippen molar-refractivity contribution in [1.82, 2.24) is 15.1 Å². The van der Waals surface area contributed by atoms with E-state index in [9.17, 15) is 18.0 Å². The van der Waals surface area contributed by atoms with Crippen molar-refractivity contribution in [3.63, 3.8) is 0 Å². The first kappa shape index (κ1) is 18.3. The molecule has 1 aromatic carbocycles. The Labute approximate surface area is 149 Å². The second-order valence-electron chi connectivity index (χ2n) is 6.16. The van der Waals surface area contributed by atoms with Gasteiger partial charge in [-0.2, -0.15) is 18.3 Å². The Hall–Kier alpha value is -2.51. The lowest BCUT2D eigenvalue weighted by Gasteiger charge is -2.09. The lowest BCUT2D eigenvalue weighted by molar-refractivity contribution is -0.141. The van der Waals surface area contributed by atoms with E-state index in [1.165, 1.54) is 4.68 Å². The Morgan fingerprint density at radius 3 is 2.58 bits per heavy atom. The van der Waals surface area contributed by atoms with Crippen LogP contribution in [-0.2, 0) is 12.7 Å². The Balaban J connectivity index is 1.59. The van der Waals surface area contributed by atoms with E-state index in [0.29, 0.717) is 23.6 Å². The highest BCUT2D eigenvalue weighted by Crippen LogP contribution is 2.42. The lowest BCUT2D eigenvalue weighted by Crippen LogP contribution is -2.28. The van der Waals surface area contributed by atoms with Gasteiger partial charge in [0.2, 0.25) is 0 Å². The first-order valence-electron chi connectivity index (χ1n) is 8.54. The second kappa shape index (κ2) is 7.39. The third kappa shape index (κ3) is 4.36. The molecule has 1 N–H and O–H groups in total. The number of hydrogen-bond donors (Lipinski definition) is 1. The van der Waals surface area contributed by atoms with E-state index < -0.39 is 11.9 Å². The molecule has 1 aliphatic rings. The summed E-state index contributed by atoms with van der Waals surface area (Å²) in [4.78, 5) is 12.1. The Morgan fingerprint density at radius 1 is 1.31 bits per heavy atom. The normalized spacial score (nSPS) is 14.3. The van der Waals surface area contributed by atoms with Crippen LogP contribution in [0.4, 0.5) is 13.2 Å². The van der Waals surface area contributed by atoms with Crippen molar-refractivity contribution in [2.45, 2.75) is 38.4 Å². The van der Waals surface area contributed by atoms with Crippen LogP contribution in [0.3, 0.4) is 0 Å². The second-order valence-corrected chi connectivity index (χ2v) is 6.16. The van der Waals surface area contributed by atoms with Crippen LogP contribution in [0.15, 0.2) is 30.3 Å². The molecule has 1 amide bonds. The molecule has 1 aliphatic carbocycles. The lowest BCUT2D eigenvalue weighted by atomic mass is 10.2. The summed E-state index contributed by atoms with van der Waals surface area (Å²) < 4.78 is 45.3. The number of alkyl halides is 3. The molecule has 8 heteroatoms. The van der Waals surface area contributed by atoms with Gasteiger partial charge >= 0.3 is 6.18 Å². The maximum absolute atomic E-state index is 12.9. The van der Waals surface area contributed by atoms with Gasteiger partial charge in [-0.15, -0.1) is 0 Å². The predicted molar refractivity (Wildman–Crippen MR) is 89.1 cm³/mol. The fourth-order valence-electron chi connectivity index (χ4n) is 2.70. The summed E-state index contributed by atoms with van der Waals surface area (Å²) in [5.74, 6) is 0.527. The first-order chi connectivity index (χ1) is 12.4. The molecular formula is C18H20F3N3O2. The number of nitrogens with zero attached hydrogens (tertiary/aromatic N) is 2. The van der Waals surface area contributed by atoms with E-state index in [2.05, 4.69) is 10.4 Å². The maximum Gasteiger partial charge on any atom is 0.435 e. The molecule has 0 aliphatic heterocycles. The fraction of sp³-hybridized carbons (Fsp3) is 0.444. The van der Waals surface area contributed by atoms with Crippen molar-refractivity contribution in [2.75, 3.05) is 13.2 Å². The van der Waals surface area contributed by atoms with E-state index in [0.717, 1.165) is 18.9 Å². The van der Waals surface area contributed by atoms with E-state index in [1.54, 1.807) is 24.3 Å². The number of halogens is 3. The zero-order chi connectivity index (χ0) is 18.7. The van der Waals surface area contributed by atoms with Gasteiger partial charge in [0.1, 0.15) is 5.75 Å². The summed E-state index contributed by atoms with van der Waals surface area (Å²) in [6, 6.07) is 7.81. The van der Waals surface area contributed by atoms with Gasteiger partial charge in [0.25, 0.3) is 5.91 Å². The zero-order valence-electron chi connectivity index (χ0n) is 14.3. The number of carbonyl (C=O) groups is 1. The molecule has 2 aromatic rings. The van der Waals surface area contributed by atoms with Crippen LogP contribution in [-0.4, -0.2) is 28.8 Å². The van der Waals surface area contributed by atoms with Crippen LogP contribution in [0.5, 0.6) is 5.75 Å². The number of amides is 1. The van der Waals surface area contributed by atoms with Gasteiger partial charge in [0.15, 0.2) is 5.69 Å². The van der Waals surface area contributed by atoms with Gasteiger partial charge in [-0.3, -0.25) is 9.48 Å². The minimum absolute atomic E-state index is 0.139. The van der Waals surface area contributed by atoms with Crippen LogP contribution in [0.2, 0.25) is 0 Å². The minimum atomic E-state index is -4.46. The van der Waals surface area contributed by atoms with Gasteiger partial charge in [-0.1, -0.05) is 0 Å². The quantitative estimate of drug-likeness (QED) is 0.813. The molecule has 0 unspecified atom stereocenters. The van der Waals surface area contributed by atoms with Crippen molar-refractivity contribution in [2.24, 2.45) is 0 Å². The SMILES string of the molecule is CCOc1ccc(C(=O)NCCn2nc(C(F)(F)F)cc2C2CC2)cc1. The molecule has 1 heterocycles. The number of aromatic nitrogens is 2. The average Bonchev–Trinajstić information content (AvgIpc) is 3.34. The molecule has 0 spiro atoms. The third-order valence-electron chi connectivity index (χ3n) is 4.13. The Kier molecular flexibility index (Phi) is 5.20. The highest BCUT2D eigenvalue weighted by atomic mass is 19.4. The smallest absolute Gasteiger partial charge is 0.435 e. The molecule has 0 radical (unpaired) electrons. The van der Waals surface area contributed by atoms with Crippen LogP contribution in [0.1, 0.15) is 47.4 Å². The number of carbonyl (C=O) groups excluding carboxylic acids is 1. The summed E-state index contributed by atoms with van der Waals surface area (Å²) in [5, 5.41) is 6.38. The highest BCUT2D eigenvalue weighted by Gasteiger charge is 2.37. The highest BCUT2D eigenvalue weighted by molar-refractivity contribution is 5.94. The summed E-state index contributed by atoms with van der Waals surface area (Å²) in [6.07, 6.45) is -2.70. The summed E-state index contributed by atoms with van der Waals surface area (Å²) in [6.45, 7) is 2.81. The monoisotopic (exact) mass is 367 g/mol. The largest absolute Gasteiger partial charge is 0.494 e. The number of ether oxygens (including phenoxy) is 1. The van der Waals surface area contributed by atoms with Crippen molar-refractivity contribution < 1.29 is 22.7 Å². The molecule has 140 valence electrons. The molecule has 1 aromatic heterocycles. The summed E-state index contributed by atoms with van der Waals surface area (Å²) >= 11 is 0. The van der Waals surface area contributed by atoms with E-state index in [1.807, 2.05) is 6.92 Å². The molecule has 3 rings (SSSR count). The number of nitrogens with one attached hydrogen (secondary N) is 1. The van der Waals surface area contributed by atoms with E-state index in [4.69, 9.17) is 4.74 Å². The van der Waals surface area contributed by atoms with Gasteiger partial charge < -0.3 is 10.1 Å². The molecule has 0 bridgehead atoms. The van der Waals surface area contributed by atoms with Crippen LogP contribution < -0.4 is 10.1 Å². The van der Waals surface area contributed by atoms with Crippen LogP contribution in [0.25, 0.3) is 0 Å². The number of hydrogen-bond acceptors (Lipinski definition) is 3. The van der Waals surface area contributed by atoms with Gasteiger partial charge in [0, 0.05) is 23.7 Å². The van der Waals surface area contributed by atoms with Crippen LogP contribution >= 0.6 is 0 Å². The maximum atomic E-state index is 12.9. The first-order valence-corrected chi connectivity index (χ1v) is 8.54. The topological polar surface area (TPSA) is 56.1 Å². The van der Waals surface area contributed by atoms with Crippen molar-refractivity contribution in [1.29, 1.82) is 0 Å². The Bertz CT molecular complexity index is 765. The van der Waals surface area contributed by atoms with Crippen molar-refractivity contribution >= 4 is 5.91 Å². The predicted octanol–water partition coefficient (Wildman–Crippen LogP) is 3.61. The molecule has 0 saturated heterocycles. The van der Waals surface area contributed by atoms with Crippen molar-refractivity contribution in [3.8, 4) is 5.75 Å².